The van der Waals surface area contributed by atoms with Gasteiger partial charge in [0.1, 0.15) is 0 Å². The van der Waals surface area contributed by atoms with Crippen molar-refractivity contribution in [2.75, 3.05) is 5.32 Å². The predicted molar refractivity (Wildman–Crippen MR) is 98.5 cm³/mol. The van der Waals surface area contributed by atoms with Crippen molar-refractivity contribution in [2.24, 2.45) is 0 Å². The summed E-state index contributed by atoms with van der Waals surface area (Å²) in [7, 11) is 0. The number of non-ortho nitro benzene ring substituents is 1. The highest BCUT2D eigenvalue weighted by atomic mass is 79.9. The van der Waals surface area contributed by atoms with Gasteiger partial charge in [0.15, 0.2) is 5.54 Å². The molecule has 5 nitrogen and oxygen atoms in total. The van der Waals surface area contributed by atoms with Crippen LogP contribution in [0.4, 0.5) is 24.5 Å². The van der Waals surface area contributed by atoms with Crippen LogP contribution in [0.25, 0.3) is 0 Å². The number of benzene rings is 2. The predicted octanol–water partition coefficient (Wildman–Crippen LogP) is 5.60. The average Bonchev–Trinajstić information content (AvgIpc) is 3.14. The standard InChI is InChI=1S/C18H13BrF3N3O2/c19-13-5-3-12(4-6-13)17(18(20,21)22,16-2-1-11-23-16)24-14-7-9-15(10-8-14)25(26)27/h1-11,23-24H. The molecule has 0 amide bonds. The molecule has 0 bridgehead atoms. The van der Waals surface area contributed by atoms with E-state index in [1.165, 1.54) is 54.7 Å². The zero-order valence-electron chi connectivity index (χ0n) is 13.6. The van der Waals surface area contributed by atoms with E-state index in [0.717, 1.165) is 12.1 Å². The summed E-state index contributed by atoms with van der Waals surface area (Å²) < 4.78 is 43.9. The summed E-state index contributed by atoms with van der Waals surface area (Å²) in [4.78, 5) is 12.8. The number of hydrogen-bond acceptors (Lipinski definition) is 3. The molecule has 27 heavy (non-hydrogen) atoms. The SMILES string of the molecule is O=[N+]([O-])c1ccc(NC(c2ccc(Br)cc2)(c2ccc[nH]2)C(F)(F)F)cc1. The van der Waals surface area contributed by atoms with Gasteiger partial charge in [-0.25, -0.2) is 0 Å². The smallest absolute Gasteiger partial charge is 0.363 e. The lowest BCUT2D eigenvalue weighted by Crippen LogP contribution is -2.50. The van der Waals surface area contributed by atoms with E-state index >= 15 is 0 Å². The van der Waals surface area contributed by atoms with Crippen molar-refractivity contribution in [3.05, 3.63) is 92.7 Å². The molecule has 0 aliphatic heterocycles. The Balaban J connectivity index is 2.17. The maximum absolute atomic E-state index is 14.4. The van der Waals surface area contributed by atoms with Crippen molar-refractivity contribution in [2.45, 2.75) is 11.7 Å². The van der Waals surface area contributed by atoms with Gasteiger partial charge in [-0.2, -0.15) is 13.2 Å². The van der Waals surface area contributed by atoms with Gasteiger partial charge in [0.25, 0.3) is 5.69 Å². The van der Waals surface area contributed by atoms with E-state index in [0.29, 0.717) is 4.47 Å². The van der Waals surface area contributed by atoms with Gasteiger partial charge in [0.05, 0.1) is 10.6 Å². The number of nitrogens with one attached hydrogen (secondary N) is 2. The van der Waals surface area contributed by atoms with E-state index in [-0.39, 0.29) is 22.6 Å². The number of anilines is 1. The highest BCUT2D eigenvalue weighted by Crippen LogP contribution is 2.46. The minimum absolute atomic E-state index is 0.0287. The number of halogens is 4. The van der Waals surface area contributed by atoms with Crippen LogP contribution in [0.3, 0.4) is 0 Å². The first-order chi connectivity index (χ1) is 12.7. The number of alkyl halides is 3. The molecule has 0 aliphatic rings. The number of aromatic nitrogens is 1. The summed E-state index contributed by atoms with van der Waals surface area (Å²) in [5.41, 5.74) is -2.81. The van der Waals surface area contributed by atoms with E-state index in [2.05, 4.69) is 26.2 Å². The van der Waals surface area contributed by atoms with E-state index in [1.54, 1.807) is 0 Å². The summed E-state index contributed by atoms with van der Waals surface area (Å²) in [6, 6.07) is 13.4. The minimum atomic E-state index is -4.71. The number of H-pyrrole nitrogens is 1. The zero-order chi connectivity index (χ0) is 19.7. The summed E-state index contributed by atoms with van der Waals surface area (Å²) in [5.74, 6) is 0. The van der Waals surface area contributed by atoms with Crippen LogP contribution in [0.1, 0.15) is 11.3 Å². The molecule has 1 aromatic heterocycles. The lowest BCUT2D eigenvalue weighted by Gasteiger charge is -2.37. The number of nitro benzene ring substituents is 1. The number of nitro groups is 1. The fourth-order valence-corrected chi connectivity index (χ4v) is 3.09. The normalized spacial score (nSPS) is 13.8. The molecular weight excluding hydrogens is 427 g/mol. The van der Waals surface area contributed by atoms with Gasteiger partial charge in [0, 0.05) is 28.5 Å². The number of hydrogen-bond donors (Lipinski definition) is 2. The Bertz CT molecular complexity index is 926. The Morgan fingerprint density at radius 3 is 2.11 bits per heavy atom. The van der Waals surface area contributed by atoms with Crippen molar-refractivity contribution >= 4 is 27.3 Å². The van der Waals surface area contributed by atoms with Gasteiger partial charge in [-0.3, -0.25) is 10.1 Å². The molecule has 0 fully saturated rings. The van der Waals surface area contributed by atoms with Gasteiger partial charge < -0.3 is 10.3 Å². The molecule has 140 valence electrons. The number of nitrogens with zero attached hydrogens (tertiary/aromatic N) is 1. The molecule has 2 aromatic carbocycles. The van der Waals surface area contributed by atoms with Gasteiger partial charge in [-0.05, 0) is 42.0 Å². The van der Waals surface area contributed by atoms with E-state index in [4.69, 9.17) is 0 Å². The average molecular weight is 440 g/mol. The Morgan fingerprint density at radius 2 is 1.63 bits per heavy atom. The number of aromatic amines is 1. The fourth-order valence-electron chi connectivity index (χ4n) is 2.83. The first kappa shape index (κ1) is 19.0. The third kappa shape index (κ3) is 3.55. The van der Waals surface area contributed by atoms with Crippen molar-refractivity contribution < 1.29 is 18.1 Å². The Kier molecular flexibility index (Phi) is 4.97. The molecular formula is C18H13BrF3N3O2. The summed E-state index contributed by atoms with van der Waals surface area (Å²) in [5, 5.41) is 13.3. The molecule has 0 saturated carbocycles. The van der Waals surface area contributed by atoms with Crippen molar-refractivity contribution in [1.82, 2.24) is 4.98 Å². The first-order valence-corrected chi connectivity index (χ1v) is 8.52. The molecule has 9 heteroatoms. The Hall–Kier alpha value is -2.81. The monoisotopic (exact) mass is 439 g/mol. The molecule has 3 aromatic rings. The Morgan fingerprint density at radius 1 is 1.00 bits per heavy atom. The molecule has 2 N–H and O–H groups in total. The van der Waals surface area contributed by atoms with Gasteiger partial charge in [-0.1, -0.05) is 28.1 Å². The van der Waals surface area contributed by atoms with Crippen LogP contribution in [-0.2, 0) is 5.54 Å². The molecule has 0 radical (unpaired) electrons. The fraction of sp³-hybridized carbons (Fsp3) is 0.111. The molecule has 0 aliphatic carbocycles. The maximum atomic E-state index is 14.4. The maximum Gasteiger partial charge on any atom is 0.421 e. The Labute approximate surface area is 160 Å². The van der Waals surface area contributed by atoms with Gasteiger partial charge in [0.2, 0.25) is 0 Å². The number of rotatable bonds is 5. The van der Waals surface area contributed by atoms with Crippen LogP contribution < -0.4 is 5.32 Å². The summed E-state index contributed by atoms with van der Waals surface area (Å²) >= 11 is 3.23. The zero-order valence-corrected chi connectivity index (χ0v) is 15.2. The van der Waals surface area contributed by atoms with Crippen LogP contribution in [0.5, 0.6) is 0 Å². The van der Waals surface area contributed by atoms with Crippen LogP contribution in [0, 0.1) is 10.1 Å². The summed E-state index contributed by atoms with van der Waals surface area (Å²) in [6.07, 6.45) is -3.31. The third-order valence-corrected chi connectivity index (χ3v) is 4.64. The lowest BCUT2D eigenvalue weighted by atomic mass is 9.85. The van der Waals surface area contributed by atoms with E-state index in [9.17, 15) is 23.3 Å². The van der Waals surface area contributed by atoms with Crippen LogP contribution in [0.15, 0.2) is 71.3 Å². The second kappa shape index (κ2) is 7.07. The van der Waals surface area contributed by atoms with Gasteiger partial charge in [-0.15, -0.1) is 0 Å². The molecule has 3 rings (SSSR count). The van der Waals surface area contributed by atoms with Crippen LogP contribution in [0.2, 0.25) is 0 Å². The molecule has 1 atom stereocenters. The van der Waals surface area contributed by atoms with Crippen molar-refractivity contribution in [3.8, 4) is 0 Å². The second-order valence-corrected chi connectivity index (χ2v) is 6.68. The highest BCUT2D eigenvalue weighted by molar-refractivity contribution is 9.10. The lowest BCUT2D eigenvalue weighted by molar-refractivity contribution is -0.384. The molecule has 1 heterocycles. The van der Waals surface area contributed by atoms with Crippen molar-refractivity contribution in [3.63, 3.8) is 0 Å². The summed E-state index contributed by atoms with van der Waals surface area (Å²) in [6.45, 7) is 0. The second-order valence-electron chi connectivity index (χ2n) is 5.77. The quantitative estimate of drug-likeness (QED) is 0.401. The van der Waals surface area contributed by atoms with Crippen LogP contribution >= 0.6 is 15.9 Å². The van der Waals surface area contributed by atoms with Crippen LogP contribution in [-0.4, -0.2) is 16.1 Å². The largest absolute Gasteiger partial charge is 0.421 e. The highest BCUT2D eigenvalue weighted by Gasteiger charge is 2.58. The van der Waals surface area contributed by atoms with E-state index in [1.807, 2.05) is 0 Å². The third-order valence-electron chi connectivity index (χ3n) is 4.11. The van der Waals surface area contributed by atoms with Gasteiger partial charge >= 0.3 is 6.18 Å². The van der Waals surface area contributed by atoms with E-state index < -0.39 is 16.6 Å². The minimum Gasteiger partial charge on any atom is -0.363 e. The molecule has 0 saturated heterocycles. The van der Waals surface area contributed by atoms with Crippen molar-refractivity contribution in [1.29, 1.82) is 0 Å². The molecule has 1 unspecified atom stereocenters. The first-order valence-electron chi connectivity index (χ1n) is 7.73. The topological polar surface area (TPSA) is 71.0 Å². The molecule has 0 spiro atoms.